The van der Waals surface area contributed by atoms with Crippen molar-refractivity contribution in [2.24, 2.45) is 0 Å². The molecular formula is C14H25N3O3S. The summed E-state index contributed by atoms with van der Waals surface area (Å²) in [6.07, 6.45) is 5.07. The Kier molecular flexibility index (Phi) is 5.75. The van der Waals surface area contributed by atoms with Gasteiger partial charge in [0.25, 0.3) is 0 Å². The lowest BCUT2D eigenvalue weighted by Crippen LogP contribution is -2.50. The summed E-state index contributed by atoms with van der Waals surface area (Å²) in [5.41, 5.74) is 0. The van der Waals surface area contributed by atoms with E-state index in [9.17, 15) is 9.59 Å². The third-order valence-corrected chi connectivity index (χ3v) is 5.65. The summed E-state index contributed by atoms with van der Waals surface area (Å²) >= 11 is 1.50. The first-order chi connectivity index (χ1) is 10.0. The quantitative estimate of drug-likeness (QED) is 0.803. The van der Waals surface area contributed by atoms with Crippen LogP contribution in [0.2, 0.25) is 0 Å². The fraction of sp³-hybridized carbons (Fsp3) is 0.857. The predicted octanol–water partition coefficient (Wildman–Crippen LogP) is 1.42. The average molecular weight is 315 g/mol. The highest BCUT2D eigenvalue weighted by molar-refractivity contribution is 8.00. The second kappa shape index (κ2) is 7.35. The topological polar surface area (TPSA) is 72.9 Å². The molecule has 6 nitrogen and oxygen atoms in total. The van der Waals surface area contributed by atoms with Gasteiger partial charge in [0, 0.05) is 24.9 Å². The van der Waals surface area contributed by atoms with Crippen LogP contribution >= 0.6 is 11.8 Å². The van der Waals surface area contributed by atoms with E-state index >= 15 is 0 Å². The van der Waals surface area contributed by atoms with Crippen LogP contribution in [-0.4, -0.2) is 70.3 Å². The zero-order chi connectivity index (χ0) is 15.4. The molecule has 21 heavy (non-hydrogen) atoms. The van der Waals surface area contributed by atoms with Crippen molar-refractivity contribution >= 4 is 23.8 Å². The molecule has 7 heteroatoms. The van der Waals surface area contributed by atoms with Crippen molar-refractivity contribution in [2.45, 2.75) is 50.1 Å². The van der Waals surface area contributed by atoms with Crippen LogP contribution in [0.4, 0.5) is 4.79 Å². The average Bonchev–Trinajstić information content (AvgIpc) is 3.07. The molecule has 0 spiro atoms. The van der Waals surface area contributed by atoms with Gasteiger partial charge < -0.3 is 15.3 Å². The molecule has 2 fully saturated rings. The first kappa shape index (κ1) is 16.4. The molecule has 1 aliphatic carbocycles. The van der Waals surface area contributed by atoms with Crippen LogP contribution in [-0.2, 0) is 4.79 Å². The van der Waals surface area contributed by atoms with Gasteiger partial charge in [0.15, 0.2) is 0 Å². The number of amides is 2. The second-order valence-electron chi connectivity index (χ2n) is 5.84. The standard InChI is InChI=1S/C14H25N3O3S/c1-10-17(12(9-21-10)13(18)19)14(20)15-7-8-16(2)11-5-3-4-6-11/h10-12H,3-9H2,1-2H3,(H,15,20)(H,18,19). The number of carbonyl (C=O) groups excluding carboxylic acids is 1. The van der Waals surface area contributed by atoms with E-state index in [0.717, 1.165) is 6.54 Å². The van der Waals surface area contributed by atoms with Gasteiger partial charge in [-0.15, -0.1) is 11.8 Å². The minimum atomic E-state index is -0.926. The number of aliphatic carboxylic acids is 1. The van der Waals surface area contributed by atoms with Crippen molar-refractivity contribution in [3.8, 4) is 0 Å². The Labute approximate surface area is 130 Å². The third kappa shape index (κ3) is 4.03. The molecule has 1 saturated heterocycles. The van der Waals surface area contributed by atoms with E-state index in [1.807, 2.05) is 6.92 Å². The highest BCUT2D eigenvalue weighted by Crippen LogP contribution is 2.28. The number of thioether (sulfide) groups is 1. The SMILES string of the molecule is CC1SCC(C(=O)O)N1C(=O)NCCN(C)C1CCCC1. The number of hydrogen-bond donors (Lipinski definition) is 2. The van der Waals surface area contributed by atoms with Crippen LogP contribution in [0.1, 0.15) is 32.6 Å². The van der Waals surface area contributed by atoms with Crippen molar-refractivity contribution in [1.29, 1.82) is 0 Å². The van der Waals surface area contributed by atoms with E-state index in [0.29, 0.717) is 18.3 Å². The number of rotatable bonds is 5. The number of nitrogens with one attached hydrogen (secondary N) is 1. The second-order valence-corrected chi connectivity index (χ2v) is 7.19. The number of nitrogens with zero attached hydrogens (tertiary/aromatic N) is 2. The molecule has 0 radical (unpaired) electrons. The van der Waals surface area contributed by atoms with Crippen LogP contribution in [0.25, 0.3) is 0 Å². The van der Waals surface area contributed by atoms with Gasteiger partial charge in [-0.05, 0) is 26.8 Å². The van der Waals surface area contributed by atoms with Gasteiger partial charge in [-0.25, -0.2) is 9.59 Å². The fourth-order valence-electron chi connectivity index (χ4n) is 3.10. The van der Waals surface area contributed by atoms with Crippen molar-refractivity contribution in [2.75, 3.05) is 25.9 Å². The molecule has 2 rings (SSSR count). The minimum Gasteiger partial charge on any atom is -0.480 e. The lowest BCUT2D eigenvalue weighted by atomic mass is 10.2. The summed E-state index contributed by atoms with van der Waals surface area (Å²) in [6, 6.07) is -0.341. The number of carboxylic acid groups (broad SMARTS) is 1. The number of likely N-dealkylation sites (N-methyl/N-ethyl adjacent to an activating group) is 1. The first-order valence-corrected chi connectivity index (χ1v) is 8.66. The van der Waals surface area contributed by atoms with E-state index in [1.165, 1.54) is 42.3 Å². The van der Waals surface area contributed by atoms with Crippen LogP contribution in [0.15, 0.2) is 0 Å². The molecular weight excluding hydrogens is 290 g/mol. The number of carboxylic acids is 1. The number of carbonyl (C=O) groups is 2. The maximum Gasteiger partial charge on any atom is 0.327 e. The summed E-state index contributed by atoms with van der Waals surface area (Å²) in [6.45, 7) is 3.24. The van der Waals surface area contributed by atoms with Crippen LogP contribution in [0, 0.1) is 0 Å². The van der Waals surface area contributed by atoms with E-state index in [4.69, 9.17) is 5.11 Å². The maximum atomic E-state index is 12.2. The normalized spacial score (nSPS) is 26.5. The summed E-state index contributed by atoms with van der Waals surface area (Å²) in [5, 5.41) is 11.9. The molecule has 0 aromatic rings. The molecule has 2 amide bonds. The van der Waals surface area contributed by atoms with E-state index < -0.39 is 12.0 Å². The predicted molar refractivity (Wildman–Crippen MR) is 83.5 cm³/mol. The smallest absolute Gasteiger partial charge is 0.327 e. The Morgan fingerprint density at radius 2 is 2.05 bits per heavy atom. The zero-order valence-electron chi connectivity index (χ0n) is 12.7. The van der Waals surface area contributed by atoms with E-state index in [2.05, 4.69) is 17.3 Å². The van der Waals surface area contributed by atoms with Crippen molar-refractivity contribution in [3.63, 3.8) is 0 Å². The number of urea groups is 1. The van der Waals surface area contributed by atoms with Gasteiger partial charge in [0.05, 0.1) is 5.37 Å². The van der Waals surface area contributed by atoms with Gasteiger partial charge in [-0.3, -0.25) is 4.90 Å². The lowest BCUT2D eigenvalue weighted by Gasteiger charge is -2.27. The monoisotopic (exact) mass is 315 g/mol. The zero-order valence-corrected chi connectivity index (χ0v) is 13.6. The van der Waals surface area contributed by atoms with Crippen molar-refractivity contribution in [3.05, 3.63) is 0 Å². The van der Waals surface area contributed by atoms with Gasteiger partial charge >= 0.3 is 12.0 Å². The van der Waals surface area contributed by atoms with Gasteiger partial charge in [-0.2, -0.15) is 0 Å². The summed E-state index contributed by atoms with van der Waals surface area (Å²) in [7, 11) is 2.09. The van der Waals surface area contributed by atoms with Crippen molar-refractivity contribution < 1.29 is 14.7 Å². The van der Waals surface area contributed by atoms with Crippen LogP contribution in [0.5, 0.6) is 0 Å². The van der Waals surface area contributed by atoms with Crippen LogP contribution < -0.4 is 5.32 Å². The summed E-state index contributed by atoms with van der Waals surface area (Å²) < 4.78 is 0. The van der Waals surface area contributed by atoms with E-state index in [-0.39, 0.29) is 11.4 Å². The molecule has 0 aromatic carbocycles. The van der Waals surface area contributed by atoms with E-state index in [1.54, 1.807) is 0 Å². The minimum absolute atomic E-state index is 0.0846. The third-order valence-electron chi connectivity index (χ3n) is 4.43. The molecule has 0 aromatic heterocycles. The lowest BCUT2D eigenvalue weighted by molar-refractivity contribution is -0.141. The molecule has 2 atom stereocenters. The summed E-state index contributed by atoms with van der Waals surface area (Å²) in [4.78, 5) is 27.1. The molecule has 2 aliphatic rings. The Hall–Kier alpha value is -0.950. The molecule has 1 saturated carbocycles. The highest BCUT2D eigenvalue weighted by atomic mass is 32.2. The fourth-order valence-corrected chi connectivity index (χ4v) is 4.27. The molecule has 2 unspecified atom stereocenters. The Bertz CT molecular complexity index is 388. The Morgan fingerprint density at radius 3 is 2.67 bits per heavy atom. The number of hydrogen-bond acceptors (Lipinski definition) is 4. The molecule has 120 valence electrons. The summed E-state index contributed by atoms with van der Waals surface area (Å²) in [5.74, 6) is -0.462. The molecule has 0 bridgehead atoms. The maximum absolute atomic E-state index is 12.2. The first-order valence-electron chi connectivity index (χ1n) is 7.61. The molecule has 1 heterocycles. The van der Waals surface area contributed by atoms with Crippen molar-refractivity contribution in [1.82, 2.24) is 15.1 Å². The van der Waals surface area contributed by atoms with Gasteiger partial charge in [0.2, 0.25) is 0 Å². The highest BCUT2D eigenvalue weighted by Gasteiger charge is 2.39. The Balaban J connectivity index is 1.76. The molecule has 2 N–H and O–H groups in total. The van der Waals surface area contributed by atoms with Gasteiger partial charge in [0.1, 0.15) is 6.04 Å². The largest absolute Gasteiger partial charge is 0.480 e. The molecule has 1 aliphatic heterocycles. The van der Waals surface area contributed by atoms with Gasteiger partial charge in [-0.1, -0.05) is 12.8 Å². The Morgan fingerprint density at radius 1 is 1.38 bits per heavy atom. The van der Waals surface area contributed by atoms with Crippen LogP contribution in [0.3, 0.4) is 0 Å².